The van der Waals surface area contributed by atoms with E-state index in [9.17, 15) is 8.42 Å². The molecule has 0 radical (unpaired) electrons. The second kappa shape index (κ2) is 6.62. The third kappa shape index (κ3) is 3.38. The SMILES string of the molecule is CS(=O)(=O)CCn1cnc(-c2ccccc2)c1-c1cc2cncnc2s1. The Morgan fingerprint density at radius 1 is 1.15 bits per heavy atom. The summed E-state index contributed by atoms with van der Waals surface area (Å²) in [4.78, 5) is 14.8. The van der Waals surface area contributed by atoms with Crippen LogP contribution in [0.2, 0.25) is 0 Å². The second-order valence-corrected chi connectivity index (χ2v) is 9.32. The Labute approximate surface area is 155 Å². The Bertz CT molecular complexity index is 1130. The molecule has 0 amide bonds. The molecule has 4 aromatic rings. The molecule has 0 N–H and O–H groups in total. The standard InChI is InChI=1S/C18H16N4O2S2/c1-26(23,24)8-7-22-12-21-16(13-5-3-2-4-6-13)17(22)15-9-14-10-19-11-20-18(14)25-15/h2-6,9-12H,7-8H2,1H3. The largest absolute Gasteiger partial charge is 0.328 e. The summed E-state index contributed by atoms with van der Waals surface area (Å²) in [5.74, 6) is 0.0648. The summed E-state index contributed by atoms with van der Waals surface area (Å²) in [5.41, 5.74) is 2.73. The molecule has 0 unspecified atom stereocenters. The molecule has 26 heavy (non-hydrogen) atoms. The van der Waals surface area contributed by atoms with Gasteiger partial charge in [-0.1, -0.05) is 30.3 Å². The van der Waals surface area contributed by atoms with E-state index in [1.54, 1.807) is 23.9 Å². The molecule has 0 aliphatic heterocycles. The number of hydrogen-bond acceptors (Lipinski definition) is 6. The summed E-state index contributed by atoms with van der Waals surface area (Å²) in [6.07, 6.45) is 6.26. The van der Waals surface area contributed by atoms with Crippen molar-refractivity contribution in [2.75, 3.05) is 12.0 Å². The van der Waals surface area contributed by atoms with E-state index in [-0.39, 0.29) is 5.75 Å². The highest BCUT2D eigenvalue weighted by molar-refractivity contribution is 7.90. The molecule has 6 nitrogen and oxygen atoms in total. The first-order chi connectivity index (χ1) is 12.5. The highest BCUT2D eigenvalue weighted by Crippen LogP contribution is 2.37. The van der Waals surface area contributed by atoms with E-state index in [0.717, 1.165) is 32.0 Å². The lowest BCUT2D eigenvalue weighted by Crippen LogP contribution is -2.11. The zero-order chi connectivity index (χ0) is 18.1. The van der Waals surface area contributed by atoms with Crippen LogP contribution in [0.1, 0.15) is 0 Å². The molecule has 0 aliphatic rings. The van der Waals surface area contributed by atoms with E-state index < -0.39 is 9.84 Å². The zero-order valence-corrected chi connectivity index (χ0v) is 15.7. The van der Waals surface area contributed by atoms with Crippen LogP contribution in [0.25, 0.3) is 32.0 Å². The minimum atomic E-state index is -3.07. The number of aromatic nitrogens is 4. The fourth-order valence-electron chi connectivity index (χ4n) is 2.79. The van der Waals surface area contributed by atoms with Gasteiger partial charge in [-0.15, -0.1) is 11.3 Å². The lowest BCUT2D eigenvalue weighted by molar-refractivity contribution is 0.595. The van der Waals surface area contributed by atoms with Crippen molar-refractivity contribution >= 4 is 31.4 Å². The second-order valence-electron chi connectivity index (χ2n) is 6.02. The van der Waals surface area contributed by atoms with Crippen LogP contribution in [-0.2, 0) is 16.4 Å². The van der Waals surface area contributed by atoms with Crippen molar-refractivity contribution in [3.05, 3.63) is 55.2 Å². The summed E-state index contributed by atoms with van der Waals surface area (Å²) in [6.45, 7) is 0.355. The van der Waals surface area contributed by atoms with Gasteiger partial charge < -0.3 is 4.57 Å². The Morgan fingerprint density at radius 2 is 1.96 bits per heavy atom. The van der Waals surface area contributed by atoms with Crippen molar-refractivity contribution in [1.29, 1.82) is 0 Å². The maximum absolute atomic E-state index is 11.6. The summed E-state index contributed by atoms with van der Waals surface area (Å²) < 4.78 is 25.1. The Kier molecular flexibility index (Phi) is 4.29. The van der Waals surface area contributed by atoms with Crippen molar-refractivity contribution in [3.63, 3.8) is 0 Å². The topological polar surface area (TPSA) is 77.7 Å². The lowest BCUT2D eigenvalue weighted by Gasteiger charge is -2.08. The van der Waals surface area contributed by atoms with Crippen LogP contribution in [0.5, 0.6) is 0 Å². The first-order valence-corrected chi connectivity index (χ1v) is 10.9. The number of hydrogen-bond donors (Lipinski definition) is 0. The molecule has 0 spiro atoms. The summed E-state index contributed by atoms with van der Waals surface area (Å²) >= 11 is 1.55. The molecule has 4 rings (SSSR count). The van der Waals surface area contributed by atoms with Crippen LogP contribution in [0.4, 0.5) is 0 Å². The third-order valence-corrected chi connectivity index (χ3v) is 6.01. The highest BCUT2D eigenvalue weighted by atomic mass is 32.2. The van der Waals surface area contributed by atoms with Crippen molar-refractivity contribution < 1.29 is 8.42 Å². The van der Waals surface area contributed by atoms with E-state index in [1.807, 2.05) is 41.0 Å². The molecule has 0 fully saturated rings. The monoisotopic (exact) mass is 384 g/mol. The summed E-state index contributed by atoms with van der Waals surface area (Å²) in [6, 6.07) is 11.9. The van der Waals surface area contributed by atoms with Crippen LogP contribution < -0.4 is 0 Å². The molecular weight excluding hydrogens is 368 g/mol. The van der Waals surface area contributed by atoms with Crippen molar-refractivity contribution in [1.82, 2.24) is 19.5 Å². The maximum Gasteiger partial charge on any atom is 0.149 e. The molecule has 0 aliphatic carbocycles. The Balaban J connectivity index is 1.87. The first-order valence-electron chi connectivity index (χ1n) is 7.99. The zero-order valence-electron chi connectivity index (χ0n) is 14.0. The third-order valence-electron chi connectivity index (χ3n) is 4.02. The van der Waals surface area contributed by atoms with Gasteiger partial charge in [-0.05, 0) is 6.07 Å². The van der Waals surface area contributed by atoms with Gasteiger partial charge in [0.15, 0.2) is 0 Å². The van der Waals surface area contributed by atoms with Crippen LogP contribution in [0.3, 0.4) is 0 Å². The number of aryl methyl sites for hydroxylation is 1. The average molecular weight is 384 g/mol. The summed E-state index contributed by atoms with van der Waals surface area (Å²) in [7, 11) is -3.07. The molecule has 0 saturated carbocycles. The molecule has 8 heteroatoms. The quantitative estimate of drug-likeness (QED) is 0.528. The van der Waals surface area contributed by atoms with Crippen LogP contribution >= 0.6 is 11.3 Å². The highest BCUT2D eigenvalue weighted by Gasteiger charge is 2.18. The lowest BCUT2D eigenvalue weighted by atomic mass is 10.1. The van der Waals surface area contributed by atoms with Gasteiger partial charge in [0.2, 0.25) is 0 Å². The van der Waals surface area contributed by atoms with E-state index >= 15 is 0 Å². The maximum atomic E-state index is 11.6. The van der Waals surface area contributed by atoms with E-state index in [0.29, 0.717) is 6.54 Å². The Hall–Kier alpha value is -2.58. The van der Waals surface area contributed by atoms with Crippen LogP contribution in [0, 0.1) is 0 Å². The van der Waals surface area contributed by atoms with Gasteiger partial charge in [0.05, 0.1) is 28.3 Å². The first kappa shape index (κ1) is 16.9. The molecule has 3 aromatic heterocycles. The van der Waals surface area contributed by atoms with Crippen molar-refractivity contribution in [2.45, 2.75) is 6.54 Å². The van der Waals surface area contributed by atoms with Gasteiger partial charge in [-0.2, -0.15) is 0 Å². The number of benzene rings is 1. The number of thiophene rings is 1. The van der Waals surface area contributed by atoms with Crippen LogP contribution in [-0.4, -0.2) is 39.9 Å². The van der Waals surface area contributed by atoms with Gasteiger partial charge in [0, 0.05) is 29.9 Å². The normalized spacial score (nSPS) is 11.9. The predicted molar refractivity (Wildman–Crippen MR) is 104 cm³/mol. The summed E-state index contributed by atoms with van der Waals surface area (Å²) in [5, 5.41) is 0.961. The van der Waals surface area contributed by atoms with E-state index in [4.69, 9.17) is 0 Å². The minimum Gasteiger partial charge on any atom is -0.328 e. The molecule has 0 saturated heterocycles. The van der Waals surface area contributed by atoms with Gasteiger partial charge in [-0.3, -0.25) is 0 Å². The van der Waals surface area contributed by atoms with Gasteiger partial charge >= 0.3 is 0 Å². The number of rotatable bonds is 5. The van der Waals surface area contributed by atoms with E-state index in [2.05, 4.69) is 15.0 Å². The molecule has 132 valence electrons. The van der Waals surface area contributed by atoms with Gasteiger partial charge in [0.25, 0.3) is 0 Å². The molecule has 0 bridgehead atoms. The number of fused-ring (bicyclic) bond motifs is 1. The molecular formula is C18H16N4O2S2. The number of nitrogens with zero attached hydrogens (tertiary/aromatic N) is 4. The Morgan fingerprint density at radius 3 is 2.69 bits per heavy atom. The van der Waals surface area contributed by atoms with E-state index in [1.165, 1.54) is 12.6 Å². The fourth-order valence-corrected chi connectivity index (χ4v) is 4.35. The average Bonchev–Trinajstić information content (AvgIpc) is 3.23. The number of sulfone groups is 1. The number of imidazole rings is 1. The minimum absolute atomic E-state index is 0.0648. The molecule has 3 heterocycles. The van der Waals surface area contributed by atoms with Crippen molar-refractivity contribution in [2.24, 2.45) is 0 Å². The van der Waals surface area contributed by atoms with Gasteiger partial charge in [0.1, 0.15) is 21.0 Å². The smallest absolute Gasteiger partial charge is 0.149 e. The molecule has 1 aromatic carbocycles. The van der Waals surface area contributed by atoms with Crippen LogP contribution in [0.15, 0.2) is 55.2 Å². The van der Waals surface area contributed by atoms with Gasteiger partial charge in [-0.25, -0.2) is 23.4 Å². The van der Waals surface area contributed by atoms with Crippen molar-refractivity contribution in [3.8, 4) is 21.8 Å². The molecule has 0 atom stereocenters. The fraction of sp³-hybridized carbons (Fsp3) is 0.167. The predicted octanol–water partition coefficient (Wildman–Crippen LogP) is 3.27.